The quantitative estimate of drug-likeness (QED) is 0.899. The Kier molecular flexibility index (Phi) is 4.31. The Morgan fingerprint density at radius 2 is 2.26 bits per heavy atom. The molecule has 0 saturated carbocycles. The number of carbonyl (C=O) groups excluding carboxylic acids is 1. The topological polar surface area (TPSA) is 55.1 Å². The number of hydrogen-bond donors (Lipinski definition) is 2. The van der Waals surface area contributed by atoms with Crippen LogP contribution in [-0.2, 0) is 0 Å². The Morgan fingerprint density at radius 3 is 2.84 bits per heavy atom. The average Bonchev–Trinajstić information content (AvgIpc) is 2.27. The van der Waals surface area contributed by atoms with E-state index in [2.05, 4.69) is 19.2 Å². The predicted molar refractivity (Wildman–Crippen MR) is 83.1 cm³/mol. The Bertz CT molecular complexity index is 490. The van der Waals surface area contributed by atoms with Gasteiger partial charge in [0.1, 0.15) is 0 Å². The molecule has 1 aromatic carbocycles. The molecule has 1 aromatic rings. The highest BCUT2D eigenvalue weighted by Crippen LogP contribution is 2.35. The fourth-order valence-corrected chi connectivity index (χ4v) is 3.94. The molecule has 0 spiro atoms. The van der Waals surface area contributed by atoms with Crippen molar-refractivity contribution in [2.75, 3.05) is 16.8 Å². The highest BCUT2D eigenvalue weighted by molar-refractivity contribution is 7.99. The number of benzene rings is 1. The molecular weight excluding hydrogens is 280 g/mol. The molecule has 1 atom stereocenters. The van der Waals surface area contributed by atoms with Crippen LogP contribution in [0.1, 0.15) is 30.6 Å². The molecule has 1 aliphatic rings. The van der Waals surface area contributed by atoms with Crippen LogP contribution in [0.25, 0.3) is 0 Å². The van der Waals surface area contributed by atoms with E-state index < -0.39 is 5.91 Å². The number of rotatable bonds is 3. The van der Waals surface area contributed by atoms with E-state index in [0.29, 0.717) is 22.0 Å². The van der Waals surface area contributed by atoms with Gasteiger partial charge in [0.25, 0.3) is 0 Å². The van der Waals surface area contributed by atoms with E-state index >= 15 is 0 Å². The van der Waals surface area contributed by atoms with Crippen LogP contribution in [0.5, 0.6) is 0 Å². The third-order valence-corrected chi connectivity index (χ3v) is 5.15. The molecule has 5 heteroatoms. The van der Waals surface area contributed by atoms with Gasteiger partial charge in [0.05, 0.1) is 10.6 Å². The minimum atomic E-state index is -0.495. The van der Waals surface area contributed by atoms with Crippen molar-refractivity contribution in [2.45, 2.75) is 26.3 Å². The Balaban J connectivity index is 2.07. The fraction of sp³-hybridized carbons (Fsp3) is 0.500. The molecule has 0 radical (unpaired) electrons. The molecule has 2 rings (SSSR count). The lowest BCUT2D eigenvalue weighted by Crippen LogP contribution is -2.35. The maximum absolute atomic E-state index is 11.1. The molecule has 0 bridgehead atoms. The molecule has 104 valence electrons. The van der Waals surface area contributed by atoms with Crippen LogP contribution in [0.2, 0.25) is 5.02 Å². The van der Waals surface area contributed by atoms with Gasteiger partial charge in [0, 0.05) is 17.5 Å². The summed E-state index contributed by atoms with van der Waals surface area (Å²) in [5.41, 5.74) is 6.91. The van der Waals surface area contributed by atoms with E-state index in [1.807, 2.05) is 17.8 Å². The van der Waals surface area contributed by atoms with Crippen LogP contribution in [0.3, 0.4) is 0 Å². The van der Waals surface area contributed by atoms with E-state index in [0.717, 1.165) is 17.9 Å². The molecular formula is C14H19ClN2OS. The van der Waals surface area contributed by atoms with Crippen LogP contribution in [0.15, 0.2) is 18.2 Å². The van der Waals surface area contributed by atoms with Gasteiger partial charge in [-0.15, -0.1) is 0 Å². The number of hydrogen-bond acceptors (Lipinski definition) is 3. The number of nitrogens with two attached hydrogens (primary N) is 1. The summed E-state index contributed by atoms with van der Waals surface area (Å²) in [5, 5.41) is 3.89. The summed E-state index contributed by atoms with van der Waals surface area (Å²) in [6.07, 6.45) is 1.13. The summed E-state index contributed by atoms with van der Waals surface area (Å²) >= 11 is 8.02. The minimum Gasteiger partial charge on any atom is -0.381 e. The number of amides is 1. The van der Waals surface area contributed by atoms with Crippen molar-refractivity contribution in [3.63, 3.8) is 0 Å². The second-order valence-electron chi connectivity index (χ2n) is 5.78. The standard InChI is InChI=1S/C14H19ClN2OS/c1-14(2)6-10(7-19-8-14)17-9-3-4-11(13(16)18)12(15)5-9/h3-5,10,17H,6-8H2,1-2H3,(H2,16,18). The number of carbonyl (C=O) groups is 1. The summed E-state index contributed by atoms with van der Waals surface area (Å²) in [6, 6.07) is 5.74. The first-order chi connectivity index (χ1) is 8.87. The summed E-state index contributed by atoms with van der Waals surface area (Å²) in [5.74, 6) is 1.80. The zero-order chi connectivity index (χ0) is 14.0. The zero-order valence-corrected chi connectivity index (χ0v) is 12.8. The summed E-state index contributed by atoms with van der Waals surface area (Å²) < 4.78 is 0. The molecule has 3 N–H and O–H groups in total. The monoisotopic (exact) mass is 298 g/mol. The van der Waals surface area contributed by atoms with E-state index in [9.17, 15) is 4.79 Å². The first-order valence-corrected chi connectivity index (χ1v) is 7.84. The molecule has 1 heterocycles. The number of halogens is 1. The molecule has 1 saturated heterocycles. The van der Waals surface area contributed by atoms with Gasteiger partial charge in [0.2, 0.25) is 5.91 Å². The molecule has 19 heavy (non-hydrogen) atoms. The van der Waals surface area contributed by atoms with Crippen molar-refractivity contribution >= 4 is 35.0 Å². The SMILES string of the molecule is CC1(C)CSCC(Nc2ccc(C(N)=O)c(Cl)c2)C1. The van der Waals surface area contributed by atoms with Crippen molar-refractivity contribution in [3.05, 3.63) is 28.8 Å². The van der Waals surface area contributed by atoms with Gasteiger partial charge in [-0.1, -0.05) is 25.4 Å². The predicted octanol–water partition coefficient (Wildman–Crippen LogP) is 3.38. The van der Waals surface area contributed by atoms with Crippen molar-refractivity contribution in [2.24, 2.45) is 11.1 Å². The van der Waals surface area contributed by atoms with Crippen LogP contribution in [0, 0.1) is 5.41 Å². The van der Waals surface area contributed by atoms with Gasteiger partial charge in [-0.05, 0) is 35.8 Å². The highest BCUT2D eigenvalue weighted by atomic mass is 35.5. The minimum absolute atomic E-state index is 0.359. The lowest BCUT2D eigenvalue weighted by Gasteiger charge is -2.35. The number of thioether (sulfide) groups is 1. The largest absolute Gasteiger partial charge is 0.381 e. The van der Waals surface area contributed by atoms with Crippen molar-refractivity contribution in [1.82, 2.24) is 0 Å². The average molecular weight is 299 g/mol. The first-order valence-electron chi connectivity index (χ1n) is 6.31. The second-order valence-corrected chi connectivity index (χ2v) is 7.22. The Labute approximate surface area is 123 Å². The number of anilines is 1. The molecule has 0 aliphatic carbocycles. The first kappa shape index (κ1) is 14.5. The van der Waals surface area contributed by atoms with Gasteiger partial charge in [-0.2, -0.15) is 11.8 Å². The maximum atomic E-state index is 11.1. The van der Waals surface area contributed by atoms with Crippen molar-refractivity contribution in [1.29, 1.82) is 0 Å². The third-order valence-electron chi connectivity index (χ3n) is 3.22. The molecule has 3 nitrogen and oxygen atoms in total. The highest BCUT2D eigenvalue weighted by Gasteiger charge is 2.28. The van der Waals surface area contributed by atoms with E-state index in [1.165, 1.54) is 5.75 Å². The van der Waals surface area contributed by atoms with Crippen LogP contribution in [0.4, 0.5) is 5.69 Å². The van der Waals surface area contributed by atoms with E-state index in [1.54, 1.807) is 12.1 Å². The van der Waals surface area contributed by atoms with Crippen LogP contribution < -0.4 is 11.1 Å². The Hall–Kier alpha value is -0.870. The zero-order valence-electron chi connectivity index (χ0n) is 11.2. The molecule has 1 unspecified atom stereocenters. The summed E-state index contributed by atoms with van der Waals surface area (Å²) in [7, 11) is 0. The molecule has 0 aromatic heterocycles. The fourth-order valence-electron chi connectivity index (χ4n) is 2.40. The lowest BCUT2D eigenvalue weighted by molar-refractivity contribution is 0.100. The van der Waals surface area contributed by atoms with E-state index in [-0.39, 0.29) is 0 Å². The Morgan fingerprint density at radius 1 is 1.53 bits per heavy atom. The van der Waals surface area contributed by atoms with Gasteiger partial charge >= 0.3 is 0 Å². The van der Waals surface area contributed by atoms with Crippen molar-refractivity contribution < 1.29 is 4.79 Å². The van der Waals surface area contributed by atoms with Gasteiger partial charge < -0.3 is 11.1 Å². The molecule has 1 aliphatic heterocycles. The summed E-state index contributed by atoms with van der Waals surface area (Å²) in [6.45, 7) is 4.58. The maximum Gasteiger partial charge on any atom is 0.250 e. The molecule has 1 fully saturated rings. The van der Waals surface area contributed by atoms with E-state index in [4.69, 9.17) is 17.3 Å². The lowest BCUT2D eigenvalue weighted by atomic mass is 9.88. The van der Waals surface area contributed by atoms with Gasteiger partial charge in [0.15, 0.2) is 0 Å². The second kappa shape index (κ2) is 5.63. The van der Waals surface area contributed by atoms with Crippen molar-refractivity contribution in [3.8, 4) is 0 Å². The normalized spacial score (nSPS) is 21.9. The smallest absolute Gasteiger partial charge is 0.250 e. The molecule has 1 amide bonds. The number of nitrogens with one attached hydrogen (secondary N) is 1. The van der Waals surface area contributed by atoms with Gasteiger partial charge in [-0.25, -0.2) is 0 Å². The van der Waals surface area contributed by atoms with Crippen LogP contribution >= 0.6 is 23.4 Å². The third kappa shape index (κ3) is 3.80. The summed E-state index contributed by atoms with van der Waals surface area (Å²) in [4.78, 5) is 11.1. The van der Waals surface area contributed by atoms with Gasteiger partial charge in [-0.3, -0.25) is 4.79 Å². The number of primary amides is 1. The van der Waals surface area contributed by atoms with Crippen LogP contribution in [-0.4, -0.2) is 23.5 Å².